The van der Waals surface area contributed by atoms with E-state index in [1.807, 2.05) is 0 Å². The first-order valence-electron chi connectivity index (χ1n) is 2.96. The van der Waals surface area contributed by atoms with E-state index >= 15 is 0 Å². The fourth-order valence-corrected chi connectivity index (χ4v) is 0.692. The minimum atomic E-state index is 0.477. The van der Waals surface area contributed by atoms with Crippen molar-refractivity contribution in [2.45, 2.75) is 0 Å². The number of nitrogens with zero attached hydrogens (tertiary/aromatic N) is 2. The van der Waals surface area contributed by atoms with E-state index in [-0.39, 0.29) is 0 Å². The maximum Gasteiger partial charge on any atom is 0.0835 e. The van der Waals surface area contributed by atoms with E-state index < -0.39 is 0 Å². The predicted octanol–water partition coefficient (Wildman–Crippen LogP) is 1.07. The summed E-state index contributed by atoms with van der Waals surface area (Å²) in [6.07, 6.45) is 0. The Bertz CT molecular complexity index is 227. The van der Waals surface area contributed by atoms with E-state index in [0.29, 0.717) is 10.8 Å². The highest BCUT2D eigenvalue weighted by atomic mass is 16.5. The molecule has 0 saturated heterocycles. The van der Waals surface area contributed by atoms with Gasteiger partial charge in [0.25, 0.3) is 0 Å². The highest BCUT2D eigenvalue weighted by Crippen LogP contribution is 2.09. The number of nitroso groups, excluding NO2 is 1. The van der Waals surface area contributed by atoms with Crippen LogP contribution < -0.4 is 10.7 Å². The molecular formula is C6H7N3O2. The van der Waals surface area contributed by atoms with Crippen molar-refractivity contribution in [3.63, 3.8) is 0 Å². The van der Waals surface area contributed by atoms with E-state index in [1.54, 1.807) is 35.9 Å². The van der Waals surface area contributed by atoms with Crippen LogP contribution in [-0.2, 0) is 0 Å². The molecule has 1 aromatic carbocycles. The van der Waals surface area contributed by atoms with Crippen LogP contribution in [0.4, 0.5) is 5.69 Å². The van der Waals surface area contributed by atoms with Gasteiger partial charge in [-0.2, -0.15) is 0 Å². The van der Waals surface area contributed by atoms with Crippen molar-refractivity contribution in [2.75, 3.05) is 5.12 Å². The summed E-state index contributed by atoms with van der Waals surface area (Å²) in [6.45, 7) is 0. The van der Waals surface area contributed by atoms with Gasteiger partial charge in [0.15, 0.2) is 0 Å². The van der Waals surface area contributed by atoms with Crippen LogP contribution in [0.2, 0.25) is 0 Å². The summed E-state index contributed by atoms with van der Waals surface area (Å²) in [7, 11) is 0. The molecule has 0 aliphatic rings. The fourth-order valence-electron chi connectivity index (χ4n) is 0.692. The molecular weight excluding hydrogens is 146 g/mol. The zero-order chi connectivity index (χ0) is 8.10. The molecule has 0 amide bonds. The van der Waals surface area contributed by atoms with E-state index in [0.717, 1.165) is 0 Å². The van der Waals surface area contributed by atoms with Crippen molar-refractivity contribution in [3.05, 3.63) is 35.2 Å². The lowest BCUT2D eigenvalue weighted by Gasteiger charge is -2.10. The maximum absolute atomic E-state index is 9.99. The van der Waals surface area contributed by atoms with E-state index in [9.17, 15) is 4.91 Å². The zero-order valence-corrected chi connectivity index (χ0v) is 5.64. The number of para-hydroxylation sites is 1. The Kier molecular flexibility index (Phi) is 2.53. The van der Waals surface area contributed by atoms with Crippen molar-refractivity contribution in [2.24, 2.45) is 5.29 Å². The monoisotopic (exact) mass is 153 g/mol. The summed E-state index contributed by atoms with van der Waals surface area (Å²) in [5.74, 6) is 0. The van der Waals surface area contributed by atoms with E-state index in [1.165, 1.54) is 0 Å². The topological polar surface area (TPSA) is 64.9 Å². The van der Waals surface area contributed by atoms with Gasteiger partial charge in [0.2, 0.25) is 0 Å². The average molecular weight is 153 g/mol. The van der Waals surface area contributed by atoms with Gasteiger partial charge in [-0.25, -0.2) is 0 Å². The number of hydrogen-bond donors (Lipinski definition) is 2. The summed E-state index contributed by atoms with van der Waals surface area (Å²) in [5.41, 5.74) is 2.10. The van der Waals surface area contributed by atoms with Crippen LogP contribution in [0.15, 0.2) is 35.6 Å². The summed E-state index contributed by atoms with van der Waals surface area (Å²) >= 11 is 0. The molecule has 0 fully saturated rings. The van der Waals surface area contributed by atoms with Crippen LogP contribution in [0.25, 0.3) is 0 Å². The van der Waals surface area contributed by atoms with Crippen molar-refractivity contribution in [1.29, 1.82) is 0 Å². The Morgan fingerprint density at radius 3 is 2.45 bits per heavy atom. The summed E-state index contributed by atoms with van der Waals surface area (Å²) in [5, 5.41) is 11.6. The Morgan fingerprint density at radius 2 is 2.00 bits per heavy atom. The molecule has 0 saturated carbocycles. The first-order valence-corrected chi connectivity index (χ1v) is 2.96. The van der Waals surface area contributed by atoms with Crippen LogP contribution in [0.1, 0.15) is 0 Å². The number of benzene rings is 1. The second kappa shape index (κ2) is 3.65. The highest BCUT2D eigenvalue weighted by molar-refractivity contribution is 5.43. The van der Waals surface area contributed by atoms with Gasteiger partial charge in [0.1, 0.15) is 0 Å². The molecule has 58 valence electrons. The van der Waals surface area contributed by atoms with Crippen molar-refractivity contribution < 1.29 is 5.21 Å². The molecule has 0 heterocycles. The Balaban J connectivity index is 2.82. The smallest absolute Gasteiger partial charge is 0.0835 e. The largest absolute Gasteiger partial charge is 0.295 e. The third kappa shape index (κ3) is 1.73. The van der Waals surface area contributed by atoms with Crippen molar-refractivity contribution >= 4 is 5.69 Å². The fraction of sp³-hybridized carbons (Fsp3) is 0. The van der Waals surface area contributed by atoms with Crippen molar-refractivity contribution in [3.8, 4) is 0 Å². The molecule has 0 radical (unpaired) electrons. The summed E-state index contributed by atoms with van der Waals surface area (Å²) in [4.78, 5) is 9.99. The Hall–Kier alpha value is -1.46. The van der Waals surface area contributed by atoms with Gasteiger partial charge in [0, 0.05) is 0 Å². The average Bonchev–Trinajstić information content (AvgIpc) is 2.09. The highest BCUT2D eigenvalue weighted by Gasteiger charge is 2.01. The first-order chi connectivity index (χ1) is 5.38. The molecule has 0 aliphatic heterocycles. The maximum atomic E-state index is 9.99. The molecule has 0 spiro atoms. The van der Waals surface area contributed by atoms with E-state index in [2.05, 4.69) is 5.29 Å². The molecule has 5 heteroatoms. The molecule has 11 heavy (non-hydrogen) atoms. The third-order valence-corrected chi connectivity index (χ3v) is 1.18. The normalized spacial score (nSPS) is 9.18. The van der Waals surface area contributed by atoms with Crippen LogP contribution in [0.5, 0.6) is 0 Å². The number of hydrazine groups is 1. The quantitative estimate of drug-likeness (QED) is 0.503. The Morgan fingerprint density at radius 1 is 1.36 bits per heavy atom. The molecule has 5 nitrogen and oxygen atoms in total. The van der Waals surface area contributed by atoms with Gasteiger partial charge in [-0.05, 0) is 12.1 Å². The van der Waals surface area contributed by atoms with Gasteiger partial charge in [-0.3, -0.25) is 5.21 Å². The number of rotatable bonds is 3. The second-order valence-corrected chi connectivity index (χ2v) is 1.83. The molecule has 0 aromatic heterocycles. The Labute approximate surface area is 63.1 Å². The molecule has 2 N–H and O–H groups in total. The minimum absolute atomic E-state index is 0.477. The molecule has 0 bridgehead atoms. The van der Waals surface area contributed by atoms with Gasteiger partial charge < -0.3 is 0 Å². The number of nitrogens with one attached hydrogen (secondary N) is 1. The lowest BCUT2D eigenvalue weighted by Crippen LogP contribution is -2.29. The number of anilines is 1. The van der Waals surface area contributed by atoms with Crippen LogP contribution in [-0.4, -0.2) is 5.21 Å². The molecule has 0 aliphatic carbocycles. The van der Waals surface area contributed by atoms with Gasteiger partial charge in [-0.1, -0.05) is 23.8 Å². The number of hydrogen-bond acceptors (Lipinski definition) is 4. The van der Waals surface area contributed by atoms with Gasteiger partial charge in [-0.15, -0.1) is 10.0 Å². The standard InChI is InChI=1S/C6H7N3O2/c10-7-9(8-11)6-4-2-1-3-5-6/h1-5,7,10H. The van der Waals surface area contributed by atoms with Crippen LogP contribution in [0.3, 0.4) is 0 Å². The summed E-state index contributed by atoms with van der Waals surface area (Å²) in [6, 6.07) is 8.51. The lowest BCUT2D eigenvalue weighted by atomic mass is 10.3. The van der Waals surface area contributed by atoms with Crippen LogP contribution >= 0.6 is 0 Å². The predicted molar refractivity (Wildman–Crippen MR) is 39.6 cm³/mol. The molecule has 0 atom stereocenters. The minimum Gasteiger partial charge on any atom is -0.295 e. The van der Waals surface area contributed by atoms with Gasteiger partial charge in [0.05, 0.1) is 11.0 Å². The molecule has 0 unspecified atom stereocenters. The lowest BCUT2D eigenvalue weighted by molar-refractivity contribution is 0.155. The summed E-state index contributed by atoms with van der Waals surface area (Å²) < 4.78 is 0. The van der Waals surface area contributed by atoms with Crippen LogP contribution in [0, 0.1) is 4.91 Å². The molecule has 1 rings (SSSR count). The van der Waals surface area contributed by atoms with Crippen molar-refractivity contribution in [1.82, 2.24) is 5.59 Å². The SMILES string of the molecule is O=NN(NO)c1ccccc1. The third-order valence-electron chi connectivity index (χ3n) is 1.18. The van der Waals surface area contributed by atoms with Gasteiger partial charge >= 0.3 is 0 Å². The zero-order valence-electron chi connectivity index (χ0n) is 5.64. The second-order valence-electron chi connectivity index (χ2n) is 1.83. The van der Waals surface area contributed by atoms with E-state index in [4.69, 9.17) is 5.21 Å². The first kappa shape index (κ1) is 7.64. The molecule has 1 aromatic rings.